The first kappa shape index (κ1) is 13.2. The molecule has 0 N–H and O–H groups in total. The van der Waals surface area contributed by atoms with E-state index in [0.29, 0.717) is 49.7 Å². The molecular weight excluding hydrogens is 270 g/mol. The molecule has 6 nitrogen and oxygen atoms in total. The van der Waals surface area contributed by atoms with Gasteiger partial charge in [-0.25, -0.2) is 0 Å². The molecule has 0 spiro atoms. The van der Waals surface area contributed by atoms with E-state index < -0.39 is 0 Å². The van der Waals surface area contributed by atoms with Crippen molar-refractivity contribution in [1.29, 1.82) is 0 Å². The van der Waals surface area contributed by atoms with Gasteiger partial charge in [0, 0.05) is 18.9 Å². The van der Waals surface area contributed by atoms with Crippen molar-refractivity contribution < 1.29 is 13.9 Å². The molecule has 1 aliphatic heterocycles. The lowest BCUT2D eigenvalue weighted by atomic mass is 10.2. The van der Waals surface area contributed by atoms with Crippen molar-refractivity contribution in [3.63, 3.8) is 0 Å². The van der Waals surface area contributed by atoms with Gasteiger partial charge in [-0.2, -0.15) is 0 Å². The Balaban J connectivity index is 1.39. The van der Waals surface area contributed by atoms with Crippen LogP contribution in [0.1, 0.15) is 44.1 Å². The zero-order chi connectivity index (χ0) is 14.4. The van der Waals surface area contributed by atoms with E-state index in [2.05, 4.69) is 10.2 Å². The molecule has 0 bridgehead atoms. The second-order valence-corrected chi connectivity index (χ2v) is 6.37. The summed E-state index contributed by atoms with van der Waals surface area (Å²) >= 11 is 0. The fourth-order valence-corrected chi connectivity index (χ4v) is 3.32. The van der Waals surface area contributed by atoms with Crippen LogP contribution in [0, 0.1) is 17.8 Å². The number of carbonyl (C=O) groups excluding carboxylic acids is 1. The van der Waals surface area contributed by atoms with Gasteiger partial charge in [0.05, 0.1) is 13.2 Å². The van der Waals surface area contributed by atoms with Gasteiger partial charge in [-0.1, -0.05) is 6.92 Å². The fourth-order valence-electron chi connectivity index (χ4n) is 3.32. The SMILES string of the molecule is CCc1nnc(C2CN(C(=O)[C@H]3C[C@@H]3C3CC3)CCO2)o1. The molecule has 1 amide bonds. The van der Waals surface area contributed by atoms with Crippen LogP contribution in [0.25, 0.3) is 0 Å². The molecule has 2 aliphatic carbocycles. The second kappa shape index (κ2) is 5.09. The third-order valence-electron chi connectivity index (χ3n) is 4.82. The molecule has 6 heteroatoms. The van der Waals surface area contributed by atoms with Crippen LogP contribution < -0.4 is 0 Å². The molecule has 2 heterocycles. The van der Waals surface area contributed by atoms with Gasteiger partial charge in [0.1, 0.15) is 0 Å². The number of hydrogen-bond acceptors (Lipinski definition) is 5. The summed E-state index contributed by atoms with van der Waals surface area (Å²) in [5, 5.41) is 8.01. The molecule has 1 aromatic rings. The van der Waals surface area contributed by atoms with Crippen molar-refractivity contribution in [3.8, 4) is 0 Å². The Hall–Kier alpha value is -1.43. The Bertz CT molecular complexity index is 540. The molecule has 1 aromatic heterocycles. The first-order chi connectivity index (χ1) is 10.3. The van der Waals surface area contributed by atoms with Crippen molar-refractivity contribution in [2.75, 3.05) is 19.7 Å². The Morgan fingerprint density at radius 2 is 2.24 bits per heavy atom. The number of amides is 1. The van der Waals surface area contributed by atoms with Gasteiger partial charge in [0.2, 0.25) is 17.7 Å². The van der Waals surface area contributed by atoms with E-state index >= 15 is 0 Å². The molecule has 3 atom stereocenters. The molecule has 21 heavy (non-hydrogen) atoms. The Morgan fingerprint density at radius 1 is 1.38 bits per heavy atom. The van der Waals surface area contributed by atoms with Crippen molar-refractivity contribution in [3.05, 3.63) is 11.8 Å². The van der Waals surface area contributed by atoms with Gasteiger partial charge in [0.25, 0.3) is 0 Å². The summed E-state index contributed by atoms with van der Waals surface area (Å²) in [5.41, 5.74) is 0. The highest BCUT2D eigenvalue weighted by atomic mass is 16.5. The van der Waals surface area contributed by atoms with Crippen LogP contribution in [0.5, 0.6) is 0 Å². The first-order valence-electron chi connectivity index (χ1n) is 7.99. The van der Waals surface area contributed by atoms with E-state index in [0.717, 1.165) is 12.3 Å². The zero-order valence-electron chi connectivity index (χ0n) is 12.3. The van der Waals surface area contributed by atoms with Crippen molar-refractivity contribution in [2.24, 2.45) is 17.8 Å². The second-order valence-electron chi connectivity index (χ2n) is 6.37. The van der Waals surface area contributed by atoms with Crippen LogP contribution in [0.3, 0.4) is 0 Å². The molecule has 3 fully saturated rings. The van der Waals surface area contributed by atoms with E-state index in [1.165, 1.54) is 12.8 Å². The Labute approximate surface area is 123 Å². The van der Waals surface area contributed by atoms with Crippen molar-refractivity contribution in [2.45, 2.75) is 38.7 Å². The molecule has 0 radical (unpaired) electrons. The maximum Gasteiger partial charge on any atom is 0.247 e. The predicted octanol–water partition coefficient (Wildman–Crippen LogP) is 1.58. The number of ether oxygens (including phenoxy) is 1. The summed E-state index contributed by atoms with van der Waals surface area (Å²) in [5.74, 6) is 3.18. The molecule has 2 saturated carbocycles. The molecule has 3 aliphatic rings. The average Bonchev–Trinajstić information content (AvgIpc) is 3.42. The number of aryl methyl sites for hydroxylation is 1. The lowest BCUT2D eigenvalue weighted by molar-refractivity contribution is -0.141. The van der Waals surface area contributed by atoms with Crippen LogP contribution in [0.2, 0.25) is 0 Å². The summed E-state index contributed by atoms with van der Waals surface area (Å²) in [6.45, 7) is 3.73. The largest absolute Gasteiger partial charge is 0.422 e. The van der Waals surface area contributed by atoms with E-state index in [-0.39, 0.29) is 12.0 Å². The van der Waals surface area contributed by atoms with Gasteiger partial charge in [-0.15, -0.1) is 10.2 Å². The van der Waals surface area contributed by atoms with Crippen molar-refractivity contribution >= 4 is 5.91 Å². The van der Waals surface area contributed by atoms with Gasteiger partial charge in [0.15, 0.2) is 6.10 Å². The number of rotatable bonds is 4. The van der Waals surface area contributed by atoms with Crippen LogP contribution >= 0.6 is 0 Å². The molecule has 114 valence electrons. The third-order valence-corrected chi connectivity index (χ3v) is 4.82. The van der Waals surface area contributed by atoms with Crippen molar-refractivity contribution in [1.82, 2.24) is 15.1 Å². The third kappa shape index (κ3) is 2.57. The monoisotopic (exact) mass is 291 g/mol. The fraction of sp³-hybridized carbons (Fsp3) is 0.800. The van der Waals surface area contributed by atoms with Gasteiger partial charge < -0.3 is 14.1 Å². The quantitative estimate of drug-likeness (QED) is 0.842. The van der Waals surface area contributed by atoms with Crippen LogP contribution in [-0.2, 0) is 16.0 Å². The number of aromatic nitrogens is 2. The van der Waals surface area contributed by atoms with Gasteiger partial charge >= 0.3 is 0 Å². The average molecular weight is 291 g/mol. The number of morpholine rings is 1. The smallest absolute Gasteiger partial charge is 0.247 e. The normalized spacial score (nSPS) is 32.2. The van der Waals surface area contributed by atoms with E-state index in [9.17, 15) is 4.79 Å². The summed E-state index contributed by atoms with van der Waals surface area (Å²) in [6.07, 6.45) is 4.18. The zero-order valence-corrected chi connectivity index (χ0v) is 12.3. The van der Waals surface area contributed by atoms with Crippen LogP contribution in [0.4, 0.5) is 0 Å². The number of carbonyl (C=O) groups is 1. The molecule has 4 rings (SSSR count). The van der Waals surface area contributed by atoms with Gasteiger partial charge in [-0.05, 0) is 31.1 Å². The highest BCUT2D eigenvalue weighted by Gasteiger charge is 2.52. The molecule has 1 unspecified atom stereocenters. The first-order valence-corrected chi connectivity index (χ1v) is 7.99. The lowest BCUT2D eigenvalue weighted by Crippen LogP contribution is -2.43. The highest BCUT2D eigenvalue weighted by Crippen LogP contribution is 2.55. The highest BCUT2D eigenvalue weighted by molar-refractivity contribution is 5.82. The minimum Gasteiger partial charge on any atom is -0.422 e. The lowest BCUT2D eigenvalue weighted by Gasteiger charge is -2.31. The number of nitrogens with zero attached hydrogens (tertiary/aromatic N) is 3. The van der Waals surface area contributed by atoms with Gasteiger partial charge in [-0.3, -0.25) is 4.79 Å². The predicted molar refractivity (Wildman–Crippen MR) is 73.3 cm³/mol. The summed E-state index contributed by atoms with van der Waals surface area (Å²) in [4.78, 5) is 14.5. The van der Waals surface area contributed by atoms with E-state index in [1.807, 2.05) is 11.8 Å². The minimum atomic E-state index is -0.270. The summed E-state index contributed by atoms with van der Waals surface area (Å²) < 4.78 is 11.3. The molecule has 1 saturated heterocycles. The minimum absolute atomic E-state index is 0.269. The van der Waals surface area contributed by atoms with Crippen LogP contribution in [0.15, 0.2) is 4.42 Å². The number of hydrogen-bond donors (Lipinski definition) is 0. The maximum absolute atomic E-state index is 12.5. The Morgan fingerprint density at radius 3 is 2.95 bits per heavy atom. The molecular formula is C15H21N3O3. The standard InChI is InChI=1S/C15H21N3O3/c1-2-13-16-17-14(21-13)12-8-18(5-6-20-12)15(19)11-7-10(11)9-3-4-9/h9-12H,2-8H2,1H3/t10-,11+,12?/m1/s1. The van der Waals surface area contributed by atoms with Crippen LogP contribution in [-0.4, -0.2) is 40.7 Å². The Kier molecular flexibility index (Phi) is 3.21. The maximum atomic E-state index is 12.5. The summed E-state index contributed by atoms with van der Waals surface area (Å²) in [6, 6.07) is 0. The summed E-state index contributed by atoms with van der Waals surface area (Å²) in [7, 11) is 0. The molecule has 0 aromatic carbocycles. The van der Waals surface area contributed by atoms with E-state index in [1.54, 1.807) is 0 Å². The van der Waals surface area contributed by atoms with E-state index in [4.69, 9.17) is 9.15 Å². The topological polar surface area (TPSA) is 68.5 Å².